The van der Waals surface area contributed by atoms with Crippen LogP contribution in [-0.2, 0) is 19.9 Å². The highest BCUT2D eigenvalue weighted by Gasteiger charge is 2.18. The molecule has 3 aromatic carbocycles. The van der Waals surface area contributed by atoms with Gasteiger partial charge in [-0.3, -0.25) is 9.52 Å². The molecule has 9 heteroatoms. The Morgan fingerprint density at radius 2 is 1.58 bits per heavy atom. The van der Waals surface area contributed by atoms with E-state index in [9.17, 15) is 21.6 Å². The summed E-state index contributed by atoms with van der Waals surface area (Å²) < 4.78 is 52.8. The summed E-state index contributed by atoms with van der Waals surface area (Å²) in [6, 6.07) is 19.5. The number of anilines is 1. The highest BCUT2D eigenvalue weighted by Crippen LogP contribution is 2.21. The average Bonchev–Trinajstić information content (AvgIpc) is 2.78. The molecule has 0 aliphatic heterocycles. The Morgan fingerprint density at radius 3 is 2.30 bits per heavy atom. The number of aryl methyl sites for hydroxylation is 2. The molecule has 0 bridgehead atoms. The van der Waals surface area contributed by atoms with Crippen LogP contribution in [0.25, 0.3) is 0 Å². The van der Waals surface area contributed by atoms with Crippen LogP contribution >= 0.6 is 0 Å². The third-order valence-electron chi connectivity index (χ3n) is 4.99. The Kier molecular flexibility index (Phi) is 7.55. The first kappa shape index (κ1) is 24.5. The number of sulfonamides is 1. The van der Waals surface area contributed by atoms with Gasteiger partial charge in [0.1, 0.15) is 0 Å². The molecule has 3 aromatic rings. The number of carbonyl (C=O) groups is 1. The molecule has 0 fully saturated rings. The SMILES string of the molecule is Cc1ccc(C)c(S(=O)(=O)Nc2cccc(C(=O)NCCCS(=O)(=O)c3ccccc3)c2)c1. The second-order valence-corrected chi connectivity index (χ2v) is 11.5. The van der Waals surface area contributed by atoms with Crippen LogP contribution in [-0.4, -0.2) is 35.0 Å². The molecule has 0 radical (unpaired) electrons. The van der Waals surface area contributed by atoms with Crippen molar-refractivity contribution < 1.29 is 21.6 Å². The van der Waals surface area contributed by atoms with Crippen molar-refractivity contribution in [1.82, 2.24) is 5.32 Å². The Labute approximate surface area is 194 Å². The molecule has 0 aliphatic rings. The molecule has 3 rings (SSSR count). The molecule has 1 amide bonds. The van der Waals surface area contributed by atoms with E-state index in [4.69, 9.17) is 0 Å². The minimum Gasteiger partial charge on any atom is -0.352 e. The summed E-state index contributed by atoms with van der Waals surface area (Å²) in [6.07, 6.45) is 0.252. The third kappa shape index (κ3) is 6.43. The van der Waals surface area contributed by atoms with Crippen LogP contribution in [0.2, 0.25) is 0 Å². The van der Waals surface area contributed by atoms with Gasteiger partial charge in [0.25, 0.3) is 15.9 Å². The summed E-state index contributed by atoms with van der Waals surface area (Å²) in [7, 11) is -7.23. The molecule has 0 atom stereocenters. The fourth-order valence-corrected chi connectivity index (χ4v) is 5.95. The van der Waals surface area contributed by atoms with Crippen molar-refractivity contribution in [1.29, 1.82) is 0 Å². The highest BCUT2D eigenvalue weighted by molar-refractivity contribution is 7.92. The van der Waals surface area contributed by atoms with Crippen molar-refractivity contribution in [2.24, 2.45) is 0 Å². The van der Waals surface area contributed by atoms with Crippen LogP contribution in [0.5, 0.6) is 0 Å². The monoisotopic (exact) mass is 486 g/mol. The molecule has 0 unspecified atom stereocenters. The third-order valence-corrected chi connectivity index (χ3v) is 8.33. The molecule has 174 valence electrons. The number of hydrogen-bond acceptors (Lipinski definition) is 5. The van der Waals surface area contributed by atoms with Crippen LogP contribution in [0.4, 0.5) is 5.69 Å². The van der Waals surface area contributed by atoms with Crippen LogP contribution in [0.15, 0.2) is 82.6 Å². The highest BCUT2D eigenvalue weighted by atomic mass is 32.2. The van der Waals surface area contributed by atoms with Crippen molar-refractivity contribution in [2.45, 2.75) is 30.1 Å². The minimum atomic E-state index is -3.82. The van der Waals surface area contributed by atoms with Gasteiger partial charge in [-0.05, 0) is 67.8 Å². The van der Waals surface area contributed by atoms with E-state index >= 15 is 0 Å². The maximum atomic E-state index is 12.8. The minimum absolute atomic E-state index is 0.0903. The van der Waals surface area contributed by atoms with Gasteiger partial charge >= 0.3 is 0 Å². The van der Waals surface area contributed by atoms with Gasteiger partial charge in [0.05, 0.1) is 15.5 Å². The number of nitrogens with one attached hydrogen (secondary N) is 2. The Bertz CT molecular complexity index is 1350. The zero-order valence-electron chi connectivity index (χ0n) is 18.4. The van der Waals surface area contributed by atoms with E-state index in [1.807, 2.05) is 13.0 Å². The average molecular weight is 487 g/mol. The van der Waals surface area contributed by atoms with Gasteiger partial charge in [0.15, 0.2) is 9.84 Å². The zero-order chi connectivity index (χ0) is 24.1. The second kappa shape index (κ2) is 10.2. The Morgan fingerprint density at radius 1 is 0.848 bits per heavy atom. The van der Waals surface area contributed by atoms with E-state index in [-0.39, 0.29) is 39.8 Å². The standard InChI is InChI=1S/C24H26N2O5S2/c1-18-12-13-19(2)23(16-18)33(30,31)26-21-9-6-8-20(17-21)24(27)25-14-7-15-32(28,29)22-10-4-3-5-11-22/h3-6,8-13,16-17,26H,7,14-15H2,1-2H3,(H,25,27). The van der Waals surface area contributed by atoms with Gasteiger partial charge in [-0.15, -0.1) is 0 Å². The summed E-state index contributed by atoms with van der Waals surface area (Å²) in [5, 5.41) is 2.68. The number of amides is 1. The molecule has 2 N–H and O–H groups in total. The summed E-state index contributed by atoms with van der Waals surface area (Å²) in [5.41, 5.74) is 1.97. The lowest BCUT2D eigenvalue weighted by Gasteiger charge is -2.12. The first-order valence-electron chi connectivity index (χ1n) is 10.3. The molecule has 33 heavy (non-hydrogen) atoms. The normalized spacial score (nSPS) is 11.7. The van der Waals surface area contributed by atoms with Crippen molar-refractivity contribution in [3.63, 3.8) is 0 Å². The maximum Gasteiger partial charge on any atom is 0.262 e. The fraction of sp³-hybridized carbons (Fsp3) is 0.208. The van der Waals surface area contributed by atoms with Gasteiger partial charge in [-0.1, -0.05) is 36.4 Å². The maximum absolute atomic E-state index is 12.8. The molecular formula is C24H26N2O5S2. The Hall–Kier alpha value is -3.17. The summed E-state index contributed by atoms with van der Waals surface area (Å²) in [5.74, 6) is -0.507. The number of rotatable bonds is 9. The summed E-state index contributed by atoms with van der Waals surface area (Å²) in [6.45, 7) is 3.70. The van der Waals surface area contributed by atoms with Crippen LogP contribution in [0.1, 0.15) is 27.9 Å². The topological polar surface area (TPSA) is 109 Å². The smallest absolute Gasteiger partial charge is 0.262 e. The first-order valence-corrected chi connectivity index (χ1v) is 13.5. The molecule has 0 heterocycles. The van der Waals surface area contributed by atoms with E-state index in [1.54, 1.807) is 67.6 Å². The number of benzene rings is 3. The quantitative estimate of drug-likeness (QED) is 0.448. The molecule has 0 aliphatic carbocycles. The van der Waals surface area contributed by atoms with Crippen molar-refractivity contribution in [2.75, 3.05) is 17.0 Å². The van der Waals surface area contributed by atoms with E-state index in [2.05, 4.69) is 10.0 Å². The van der Waals surface area contributed by atoms with Crippen molar-refractivity contribution in [3.8, 4) is 0 Å². The van der Waals surface area contributed by atoms with Crippen molar-refractivity contribution >= 4 is 31.5 Å². The van der Waals surface area contributed by atoms with Crippen LogP contribution < -0.4 is 10.0 Å². The van der Waals surface area contributed by atoms with E-state index in [0.717, 1.165) is 5.56 Å². The zero-order valence-corrected chi connectivity index (χ0v) is 20.0. The number of sulfone groups is 1. The second-order valence-electron chi connectivity index (χ2n) is 7.70. The molecule has 0 saturated heterocycles. The number of hydrogen-bond donors (Lipinski definition) is 2. The summed E-state index contributed by atoms with van der Waals surface area (Å²) >= 11 is 0. The van der Waals surface area contributed by atoms with E-state index < -0.39 is 25.8 Å². The largest absolute Gasteiger partial charge is 0.352 e. The predicted molar refractivity (Wildman–Crippen MR) is 129 cm³/mol. The van der Waals surface area contributed by atoms with Crippen LogP contribution in [0, 0.1) is 13.8 Å². The molecule has 0 saturated carbocycles. The van der Waals surface area contributed by atoms with Crippen LogP contribution in [0.3, 0.4) is 0 Å². The molecular weight excluding hydrogens is 460 g/mol. The van der Waals surface area contributed by atoms with Gasteiger partial charge in [0.2, 0.25) is 0 Å². The van der Waals surface area contributed by atoms with Gasteiger partial charge in [0, 0.05) is 17.8 Å². The van der Waals surface area contributed by atoms with Gasteiger partial charge in [-0.2, -0.15) is 0 Å². The molecule has 7 nitrogen and oxygen atoms in total. The van der Waals surface area contributed by atoms with Gasteiger partial charge in [-0.25, -0.2) is 16.8 Å². The Balaban J connectivity index is 1.61. The molecule has 0 aromatic heterocycles. The lowest BCUT2D eigenvalue weighted by Crippen LogP contribution is -2.26. The van der Waals surface area contributed by atoms with E-state index in [0.29, 0.717) is 5.56 Å². The lowest BCUT2D eigenvalue weighted by atomic mass is 10.2. The lowest BCUT2D eigenvalue weighted by molar-refractivity contribution is 0.0953. The fourth-order valence-electron chi connectivity index (χ4n) is 3.24. The van der Waals surface area contributed by atoms with Gasteiger partial charge < -0.3 is 5.32 Å². The predicted octanol–water partition coefficient (Wildman–Crippen LogP) is 3.70. The number of carbonyl (C=O) groups excluding carboxylic acids is 1. The van der Waals surface area contributed by atoms with Crippen molar-refractivity contribution in [3.05, 3.63) is 89.5 Å². The summed E-state index contributed by atoms with van der Waals surface area (Å²) in [4.78, 5) is 12.9. The molecule has 0 spiro atoms. The first-order chi connectivity index (χ1) is 15.6. The van der Waals surface area contributed by atoms with E-state index in [1.165, 1.54) is 6.07 Å².